The van der Waals surface area contributed by atoms with Crippen LogP contribution in [0.3, 0.4) is 0 Å². The van der Waals surface area contributed by atoms with Gasteiger partial charge in [-0.15, -0.1) is 0 Å². The summed E-state index contributed by atoms with van der Waals surface area (Å²) in [6, 6.07) is 8.97. The second-order valence-corrected chi connectivity index (χ2v) is 9.29. The lowest BCUT2D eigenvalue weighted by Crippen LogP contribution is -2.33. The van der Waals surface area contributed by atoms with Crippen LogP contribution in [-0.2, 0) is 19.4 Å². The molecule has 0 saturated heterocycles. The standard InChI is InChI=1S/C24H31N3S/c1-3-6-24-25-15-20-17-27(14-13-22(20)26-24)16-19-7-4-5-8-23(19)28-21-11-9-18(2)10-12-21/h9-12,15H,3-8,13-14,16-17H2,1-2H3. The van der Waals surface area contributed by atoms with Crippen molar-refractivity contribution in [2.24, 2.45) is 0 Å². The molecule has 0 saturated carbocycles. The number of hydrogen-bond acceptors (Lipinski definition) is 4. The molecule has 3 nitrogen and oxygen atoms in total. The van der Waals surface area contributed by atoms with Gasteiger partial charge in [0.25, 0.3) is 0 Å². The number of nitrogens with zero attached hydrogens (tertiary/aromatic N) is 3. The van der Waals surface area contributed by atoms with Crippen LogP contribution >= 0.6 is 11.8 Å². The summed E-state index contributed by atoms with van der Waals surface area (Å²) in [5.41, 5.74) is 5.60. The maximum atomic E-state index is 4.81. The first kappa shape index (κ1) is 19.7. The fraction of sp³-hybridized carbons (Fsp3) is 0.500. The Morgan fingerprint density at radius 1 is 1.07 bits per heavy atom. The summed E-state index contributed by atoms with van der Waals surface area (Å²) in [7, 11) is 0. The second-order valence-electron chi connectivity index (χ2n) is 8.12. The molecule has 1 aromatic carbocycles. The zero-order valence-electron chi connectivity index (χ0n) is 17.2. The van der Waals surface area contributed by atoms with E-state index in [2.05, 4.69) is 54.2 Å². The molecule has 1 aliphatic heterocycles. The van der Waals surface area contributed by atoms with E-state index in [-0.39, 0.29) is 0 Å². The van der Waals surface area contributed by atoms with Gasteiger partial charge < -0.3 is 0 Å². The molecule has 4 rings (SSSR count). The van der Waals surface area contributed by atoms with Gasteiger partial charge in [-0.3, -0.25) is 4.90 Å². The molecule has 0 spiro atoms. The monoisotopic (exact) mass is 393 g/mol. The SMILES string of the molecule is CCCc1ncc2c(n1)CCN(CC1=C(Sc3ccc(C)cc3)CCCC1)C2. The minimum atomic E-state index is 0.990. The Morgan fingerprint density at radius 3 is 2.71 bits per heavy atom. The van der Waals surface area contributed by atoms with Gasteiger partial charge in [0.2, 0.25) is 0 Å². The van der Waals surface area contributed by atoms with Gasteiger partial charge in [0.1, 0.15) is 5.82 Å². The molecule has 0 fully saturated rings. The summed E-state index contributed by atoms with van der Waals surface area (Å²) in [5.74, 6) is 1.02. The molecule has 1 aliphatic carbocycles. The average Bonchev–Trinajstić information content (AvgIpc) is 2.71. The van der Waals surface area contributed by atoms with E-state index >= 15 is 0 Å². The van der Waals surface area contributed by atoms with Gasteiger partial charge in [0, 0.05) is 54.8 Å². The van der Waals surface area contributed by atoms with E-state index in [1.807, 2.05) is 11.8 Å². The number of benzene rings is 1. The van der Waals surface area contributed by atoms with Crippen LogP contribution in [0.2, 0.25) is 0 Å². The number of allylic oxidation sites excluding steroid dienone is 1. The Hall–Kier alpha value is -1.65. The highest BCUT2D eigenvalue weighted by atomic mass is 32.2. The van der Waals surface area contributed by atoms with Gasteiger partial charge in [-0.25, -0.2) is 9.97 Å². The summed E-state index contributed by atoms with van der Waals surface area (Å²) in [4.78, 5) is 15.0. The van der Waals surface area contributed by atoms with E-state index in [9.17, 15) is 0 Å². The van der Waals surface area contributed by atoms with E-state index < -0.39 is 0 Å². The van der Waals surface area contributed by atoms with Crippen molar-refractivity contribution < 1.29 is 0 Å². The van der Waals surface area contributed by atoms with Crippen LogP contribution in [0.25, 0.3) is 0 Å². The predicted molar refractivity (Wildman–Crippen MR) is 118 cm³/mol. The summed E-state index contributed by atoms with van der Waals surface area (Å²) >= 11 is 1.99. The summed E-state index contributed by atoms with van der Waals surface area (Å²) < 4.78 is 0. The third-order valence-electron chi connectivity index (χ3n) is 5.74. The number of rotatable bonds is 6. The molecule has 0 N–H and O–H groups in total. The molecule has 0 bridgehead atoms. The van der Waals surface area contributed by atoms with E-state index in [0.717, 1.165) is 44.7 Å². The molecule has 148 valence electrons. The van der Waals surface area contributed by atoms with E-state index in [0.29, 0.717) is 0 Å². The van der Waals surface area contributed by atoms with Crippen LogP contribution < -0.4 is 0 Å². The minimum Gasteiger partial charge on any atom is -0.295 e. The van der Waals surface area contributed by atoms with Crippen LogP contribution in [0.15, 0.2) is 45.8 Å². The fourth-order valence-corrected chi connectivity index (χ4v) is 5.26. The number of hydrogen-bond donors (Lipinski definition) is 0. The van der Waals surface area contributed by atoms with Gasteiger partial charge in [0.15, 0.2) is 0 Å². The molecule has 0 radical (unpaired) electrons. The van der Waals surface area contributed by atoms with Crippen LogP contribution in [0, 0.1) is 6.92 Å². The van der Waals surface area contributed by atoms with Crippen LogP contribution in [0.5, 0.6) is 0 Å². The van der Waals surface area contributed by atoms with Crippen molar-refractivity contribution >= 4 is 11.8 Å². The van der Waals surface area contributed by atoms with Crippen molar-refractivity contribution in [1.29, 1.82) is 0 Å². The van der Waals surface area contributed by atoms with Gasteiger partial charge in [-0.1, -0.05) is 36.4 Å². The number of aromatic nitrogens is 2. The molecule has 2 aromatic rings. The number of fused-ring (bicyclic) bond motifs is 1. The molecule has 0 unspecified atom stereocenters. The minimum absolute atomic E-state index is 0.990. The lowest BCUT2D eigenvalue weighted by atomic mass is 9.97. The maximum absolute atomic E-state index is 4.81. The van der Waals surface area contributed by atoms with E-state index in [4.69, 9.17) is 4.98 Å². The Labute approximate surface area is 173 Å². The zero-order valence-corrected chi connectivity index (χ0v) is 18.0. The largest absolute Gasteiger partial charge is 0.295 e. The number of aryl methyl sites for hydroxylation is 2. The molecule has 2 aliphatic rings. The van der Waals surface area contributed by atoms with Gasteiger partial charge in [0.05, 0.1) is 0 Å². The van der Waals surface area contributed by atoms with Gasteiger partial charge in [-0.2, -0.15) is 0 Å². The van der Waals surface area contributed by atoms with Crippen LogP contribution in [0.4, 0.5) is 0 Å². The molecule has 2 heterocycles. The number of thioether (sulfide) groups is 1. The quantitative estimate of drug-likeness (QED) is 0.628. The van der Waals surface area contributed by atoms with Crippen LogP contribution in [0.1, 0.15) is 61.7 Å². The first-order valence-electron chi connectivity index (χ1n) is 10.7. The van der Waals surface area contributed by atoms with Crippen molar-refractivity contribution in [2.45, 2.75) is 70.2 Å². The summed E-state index contributed by atoms with van der Waals surface area (Å²) in [6.07, 6.45) is 10.4. The summed E-state index contributed by atoms with van der Waals surface area (Å²) in [6.45, 7) is 7.55. The Bertz CT molecular complexity index is 841. The predicted octanol–water partition coefficient (Wildman–Crippen LogP) is 5.72. The fourth-order valence-electron chi connectivity index (χ4n) is 4.14. The normalized spacial score (nSPS) is 17.6. The van der Waals surface area contributed by atoms with Gasteiger partial charge >= 0.3 is 0 Å². The third-order valence-corrected chi connectivity index (χ3v) is 6.99. The molecule has 1 aromatic heterocycles. The average molecular weight is 394 g/mol. The molecule has 4 heteroatoms. The van der Waals surface area contributed by atoms with Crippen molar-refractivity contribution in [3.05, 3.63) is 63.6 Å². The highest BCUT2D eigenvalue weighted by molar-refractivity contribution is 8.03. The summed E-state index contributed by atoms with van der Waals surface area (Å²) in [5, 5.41) is 0. The first-order chi connectivity index (χ1) is 13.7. The van der Waals surface area contributed by atoms with Crippen molar-refractivity contribution in [3.8, 4) is 0 Å². The molecule has 0 amide bonds. The second kappa shape index (κ2) is 9.23. The van der Waals surface area contributed by atoms with Crippen molar-refractivity contribution in [2.75, 3.05) is 13.1 Å². The molecule has 0 atom stereocenters. The topological polar surface area (TPSA) is 29.0 Å². The van der Waals surface area contributed by atoms with E-state index in [1.165, 1.54) is 47.4 Å². The van der Waals surface area contributed by atoms with Crippen molar-refractivity contribution in [1.82, 2.24) is 14.9 Å². The van der Waals surface area contributed by atoms with Crippen LogP contribution in [-0.4, -0.2) is 28.0 Å². The maximum Gasteiger partial charge on any atom is 0.128 e. The Kier molecular flexibility index (Phi) is 6.48. The van der Waals surface area contributed by atoms with Gasteiger partial charge in [-0.05, 0) is 61.6 Å². The third kappa shape index (κ3) is 4.84. The molecular weight excluding hydrogens is 362 g/mol. The van der Waals surface area contributed by atoms with E-state index in [1.54, 1.807) is 10.5 Å². The van der Waals surface area contributed by atoms with Crippen molar-refractivity contribution in [3.63, 3.8) is 0 Å². The first-order valence-corrected chi connectivity index (χ1v) is 11.5. The highest BCUT2D eigenvalue weighted by Crippen LogP contribution is 2.38. The Balaban J connectivity index is 1.45. The zero-order chi connectivity index (χ0) is 19.3. The smallest absolute Gasteiger partial charge is 0.128 e. The Morgan fingerprint density at radius 2 is 1.89 bits per heavy atom. The lowest BCUT2D eigenvalue weighted by Gasteiger charge is -2.31. The molecular formula is C24H31N3S. The lowest BCUT2D eigenvalue weighted by molar-refractivity contribution is 0.268. The molecule has 28 heavy (non-hydrogen) atoms. The highest BCUT2D eigenvalue weighted by Gasteiger charge is 2.22.